The summed E-state index contributed by atoms with van der Waals surface area (Å²) in [6.45, 7) is 2.26. The number of aromatic nitrogens is 3. The summed E-state index contributed by atoms with van der Waals surface area (Å²) >= 11 is 0. The van der Waals surface area contributed by atoms with Crippen molar-refractivity contribution in [1.29, 1.82) is 0 Å². The Morgan fingerprint density at radius 1 is 1.04 bits per heavy atom. The van der Waals surface area contributed by atoms with Gasteiger partial charge in [-0.05, 0) is 48.9 Å². The molecule has 0 fully saturated rings. The standard InChI is InChI=1S/C19H19N3O5/c1-3-26-19(24)17-18(27-16-10-6-14(23)7-11-16)21-22(20-17)12-13-4-8-15(25-2)9-5-13/h4-11,23H,3,12H2,1-2H3. The first-order valence-corrected chi connectivity index (χ1v) is 8.31. The van der Waals surface area contributed by atoms with Crippen LogP contribution in [0.3, 0.4) is 0 Å². The number of hydrogen-bond donors (Lipinski definition) is 1. The molecule has 0 amide bonds. The molecule has 140 valence electrons. The van der Waals surface area contributed by atoms with E-state index in [0.29, 0.717) is 12.3 Å². The van der Waals surface area contributed by atoms with Gasteiger partial charge in [-0.15, -0.1) is 10.2 Å². The van der Waals surface area contributed by atoms with Crippen LogP contribution in [0, 0.1) is 0 Å². The maximum absolute atomic E-state index is 12.2. The summed E-state index contributed by atoms with van der Waals surface area (Å²) in [5.74, 6) is 0.682. The number of carbonyl (C=O) groups is 1. The zero-order valence-corrected chi connectivity index (χ0v) is 15.0. The second-order valence-electron chi connectivity index (χ2n) is 5.55. The number of esters is 1. The van der Waals surface area contributed by atoms with Gasteiger partial charge in [-0.1, -0.05) is 12.1 Å². The Morgan fingerprint density at radius 2 is 1.70 bits per heavy atom. The number of methoxy groups -OCH3 is 1. The van der Waals surface area contributed by atoms with E-state index in [-0.39, 0.29) is 23.9 Å². The SMILES string of the molecule is CCOC(=O)c1nn(Cc2ccc(OC)cc2)nc1Oc1ccc(O)cc1. The molecule has 8 heteroatoms. The highest BCUT2D eigenvalue weighted by atomic mass is 16.5. The molecule has 2 aromatic carbocycles. The molecule has 27 heavy (non-hydrogen) atoms. The molecule has 0 bridgehead atoms. The van der Waals surface area contributed by atoms with Crippen molar-refractivity contribution in [2.24, 2.45) is 0 Å². The minimum Gasteiger partial charge on any atom is -0.508 e. The molecule has 0 saturated heterocycles. The molecular formula is C19H19N3O5. The van der Waals surface area contributed by atoms with Crippen molar-refractivity contribution in [3.8, 4) is 23.1 Å². The smallest absolute Gasteiger partial charge is 0.364 e. The Morgan fingerprint density at radius 3 is 2.33 bits per heavy atom. The fourth-order valence-corrected chi connectivity index (χ4v) is 2.32. The van der Waals surface area contributed by atoms with Crippen molar-refractivity contribution in [3.63, 3.8) is 0 Å². The lowest BCUT2D eigenvalue weighted by molar-refractivity contribution is 0.0515. The highest BCUT2D eigenvalue weighted by Crippen LogP contribution is 2.25. The van der Waals surface area contributed by atoms with Crippen LogP contribution in [0.5, 0.6) is 23.1 Å². The van der Waals surface area contributed by atoms with Gasteiger partial charge in [0.1, 0.15) is 17.2 Å². The minimum atomic E-state index is -0.618. The first-order chi connectivity index (χ1) is 13.1. The zero-order valence-electron chi connectivity index (χ0n) is 15.0. The van der Waals surface area contributed by atoms with Crippen molar-refractivity contribution < 1.29 is 24.1 Å². The molecule has 1 aromatic heterocycles. The molecule has 0 aliphatic heterocycles. The predicted octanol–water partition coefficient (Wildman–Crippen LogP) is 3.01. The van der Waals surface area contributed by atoms with E-state index in [1.165, 1.54) is 16.9 Å². The lowest BCUT2D eigenvalue weighted by Gasteiger charge is -2.04. The summed E-state index contributed by atoms with van der Waals surface area (Å²) in [6.07, 6.45) is 0. The second-order valence-corrected chi connectivity index (χ2v) is 5.55. The van der Waals surface area contributed by atoms with Gasteiger partial charge in [0.15, 0.2) is 0 Å². The van der Waals surface area contributed by atoms with E-state index < -0.39 is 5.97 Å². The van der Waals surface area contributed by atoms with Gasteiger partial charge < -0.3 is 19.3 Å². The number of phenolic OH excluding ortho intramolecular Hbond substituents is 1. The number of carbonyl (C=O) groups excluding carboxylic acids is 1. The summed E-state index contributed by atoms with van der Waals surface area (Å²) in [5, 5.41) is 17.8. The van der Waals surface area contributed by atoms with Gasteiger partial charge in [0, 0.05) is 0 Å². The van der Waals surface area contributed by atoms with Crippen molar-refractivity contribution in [2.45, 2.75) is 13.5 Å². The quantitative estimate of drug-likeness (QED) is 0.640. The van der Waals surface area contributed by atoms with E-state index in [4.69, 9.17) is 14.2 Å². The molecule has 0 spiro atoms. The van der Waals surface area contributed by atoms with Gasteiger partial charge >= 0.3 is 5.97 Å². The third-order valence-corrected chi connectivity index (χ3v) is 3.63. The first-order valence-electron chi connectivity index (χ1n) is 8.31. The molecule has 1 heterocycles. The topological polar surface area (TPSA) is 95.7 Å². The Kier molecular flexibility index (Phi) is 5.55. The van der Waals surface area contributed by atoms with E-state index >= 15 is 0 Å². The predicted molar refractivity (Wildman–Crippen MR) is 96.3 cm³/mol. The Labute approximate surface area is 155 Å². The maximum atomic E-state index is 12.2. The summed E-state index contributed by atoms with van der Waals surface area (Å²) in [5.41, 5.74) is 0.913. The van der Waals surface area contributed by atoms with Crippen LogP contribution in [0.25, 0.3) is 0 Å². The minimum absolute atomic E-state index is 0.0153. The van der Waals surface area contributed by atoms with Crippen LogP contribution >= 0.6 is 0 Å². The molecule has 0 aliphatic carbocycles. The molecule has 0 radical (unpaired) electrons. The first kappa shape index (κ1) is 18.2. The normalized spacial score (nSPS) is 10.4. The van der Waals surface area contributed by atoms with Gasteiger partial charge in [-0.2, -0.15) is 4.80 Å². The van der Waals surface area contributed by atoms with Crippen molar-refractivity contribution in [3.05, 3.63) is 59.8 Å². The average molecular weight is 369 g/mol. The highest BCUT2D eigenvalue weighted by molar-refractivity contribution is 5.89. The Balaban J connectivity index is 1.85. The van der Waals surface area contributed by atoms with E-state index in [9.17, 15) is 9.90 Å². The zero-order chi connectivity index (χ0) is 19.2. The number of benzene rings is 2. The fourth-order valence-electron chi connectivity index (χ4n) is 2.32. The van der Waals surface area contributed by atoms with Gasteiger partial charge in [0.2, 0.25) is 5.69 Å². The second kappa shape index (κ2) is 8.22. The van der Waals surface area contributed by atoms with Crippen LogP contribution in [-0.2, 0) is 11.3 Å². The molecule has 3 aromatic rings. The molecule has 3 rings (SSSR count). The number of nitrogens with zero attached hydrogens (tertiary/aromatic N) is 3. The molecule has 0 atom stereocenters. The molecule has 8 nitrogen and oxygen atoms in total. The number of rotatable bonds is 7. The summed E-state index contributed by atoms with van der Waals surface area (Å²) in [4.78, 5) is 13.5. The largest absolute Gasteiger partial charge is 0.508 e. The van der Waals surface area contributed by atoms with E-state index in [0.717, 1.165) is 11.3 Å². The van der Waals surface area contributed by atoms with E-state index in [1.807, 2.05) is 24.3 Å². The lowest BCUT2D eigenvalue weighted by atomic mass is 10.2. The van der Waals surface area contributed by atoms with Gasteiger partial charge in [-0.25, -0.2) is 4.79 Å². The number of ether oxygens (including phenoxy) is 3. The van der Waals surface area contributed by atoms with Gasteiger partial charge in [0.05, 0.1) is 20.3 Å². The van der Waals surface area contributed by atoms with Crippen molar-refractivity contribution in [1.82, 2.24) is 15.0 Å². The van der Waals surface area contributed by atoms with Gasteiger partial charge in [-0.3, -0.25) is 0 Å². The number of hydrogen-bond acceptors (Lipinski definition) is 7. The molecular weight excluding hydrogens is 350 g/mol. The third-order valence-electron chi connectivity index (χ3n) is 3.63. The van der Waals surface area contributed by atoms with Gasteiger partial charge in [0.25, 0.3) is 5.88 Å². The average Bonchev–Trinajstić information content (AvgIpc) is 3.07. The van der Waals surface area contributed by atoms with E-state index in [2.05, 4.69) is 10.2 Å². The monoisotopic (exact) mass is 369 g/mol. The van der Waals surface area contributed by atoms with Crippen LogP contribution in [0.1, 0.15) is 23.0 Å². The summed E-state index contributed by atoms with van der Waals surface area (Å²) in [7, 11) is 1.60. The van der Waals surface area contributed by atoms with E-state index in [1.54, 1.807) is 26.2 Å². The van der Waals surface area contributed by atoms with Crippen LogP contribution in [0.2, 0.25) is 0 Å². The van der Waals surface area contributed by atoms with Crippen LogP contribution in [-0.4, -0.2) is 39.8 Å². The number of aromatic hydroxyl groups is 1. The molecule has 1 N–H and O–H groups in total. The summed E-state index contributed by atoms with van der Waals surface area (Å²) < 4.78 is 15.8. The Hall–Kier alpha value is -3.55. The molecule has 0 aliphatic rings. The van der Waals surface area contributed by atoms with Crippen LogP contribution < -0.4 is 9.47 Å². The maximum Gasteiger partial charge on any atom is 0.364 e. The highest BCUT2D eigenvalue weighted by Gasteiger charge is 2.22. The van der Waals surface area contributed by atoms with Crippen molar-refractivity contribution >= 4 is 5.97 Å². The molecule has 0 unspecified atom stereocenters. The van der Waals surface area contributed by atoms with Crippen molar-refractivity contribution in [2.75, 3.05) is 13.7 Å². The Bertz CT molecular complexity index is 904. The number of phenols is 1. The van der Waals surface area contributed by atoms with Crippen LogP contribution in [0.4, 0.5) is 0 Å². The van der Waals surface area contributed by atoms with Crippen LogP contribution in [0.15, 0.2) is 48.5 Å². The fraction of sp³-hybridized carbons (Fsp3) is 0.211. The third kappa shape index (κ3) is 4.55. The molecule has 0 saturated carbocycles. The summed E-state index contributed by atoms with van der Waals surface area (Å²) in [6, 6.07) is 13.5. The lowest BCUT2D eigenvalue weighted by Crippen LogP contribution is -2.08.